The van der Waals surface area contributed by atoms with Gasteiger partial charge in [0, 0.05) is 36.9 Å². The number of carbonyl (C=O) groups is 1. The predicted molar refractivity (Wildman–Crippen MR) is 72.4 cm³/mol. The van der Waals surface area contributed by atoms with Crippen molar-refractivity contribution in [2.24, 2.45) is 4.99 Å². The van der Waals surface area contributed by atoms with Crippen LogP contribution >= 0.6 is 0 Å². The van der Waals surface area contributed by atoms with Gasteiger partial charge < -0.3 is 10.6 Å². The third kappa shape index (κ3) is 2.33. The summed E-state index contributed by atoms with van der Waals surface area (Å²) in [5, 5.41) is 5.93. The second-order valence-electron chi connectivity index (χ2n) is 4.16. The first kappa shape index (κ1) is 11.5. The molecule has 0 radical (unpaired) electrons. The molecule has 2 aromatic heterocycles. The second-order valence-corrected chi connectivity index (χ2v) is 4.16. The standard InChI is InChI=1S/C13H13N5O/c19-13(16-7-10-2-1-4-14-6-10)18-5-3-11-8-15-9-17-12(11)18/h1-6,8,17H,7,9H2,(H,16,19). The minimum Gasteiger partial charge on any atom is -0.351 e. The maximum Gasteiger partial charge on any atom is 0.327 e. The van der Waals surface area contributed by atoms with Crippen molar-refractivity contribution in [2.45, 2.75) is 6.54 Å². The molecular formula is C13H13N5O. The van der Waals surface area contributed by atoms with Crippen molar-refractivity contribution in [3.8, 4) is 0 Å². The van der Waals surface area contributed by atoms with E-state index in [1.165, 1.54) is 0 Å². The first-order chi connectivity index (χ1) is 9.34. The van der Waals surface area contributed by atoms with E-state index in [0.717, 1.165) is 16.9 Å². The molecule has 19 heavy (non-hydrogen) atoms. The number of hydrogen-bond acceptors (Lipinski definition) is 4. The highest BCUT2D eigenvalue weighted by Gasteiger charge is 2.14. The number of hydrogen-bond donors (Lipinski definition) is 2. The fourth-order valence-electron chi connectivity index (χ4n) is 1.94. The molecule has 0 fully saturated rings. The Morgan fingerprint density at radius 2 is 2.42 bits per heavy atom. The molecule has 1 amide bonds. The summed E-state index contributed by atoms with van der Waals surface area (Å²) in [4.78, 5) is 20.2. The Bertz CT molecular complexity index is 617. The van der Waals surface area contributed by atoms with E-state index >= 15 is 0 Å². The molecule has 0 saturated heterocycles. The monoisotopic (exact) mass is 255 g/mol. The van der Waals surface area contributed by atoms with Crippen LogP contribution in [0.4, 0.5) is 10.6 Å². The van der Waals surface area contributed by atoms with Gasteiger partial charge in [-0.25, -0.2) is 4.79 Å². The van der Waals surface area contributed by atoms with E-state index in [0.29, 0.717) is 13.2 Å². The van der Waals surface area contributed by atoms with Gasteiger partial charge in [-0.15, -0.1) is 0 Å². The van der Waals surface area contributed by atoms with Crippen molar-refractivity contribution >= 4 is 18.1 Å². The highest BCUT2D eigenvalue weighted by atomic mass is 16.2. The molecule has 2 aromatic rings. The van der Waals surface area contributed by atoms with Crippen LogP contribution < -0.4 is 10.6 Å². The number of aliphatic imine (C=N–C) groups is 1. The van der Waals surface area contributed by atoms with E-state index < -0.39 is 0 Å². The summed E-state index contributed by atoms with van der Waals surface area (Å²) < 4.78 is 1.55. The topological polar surface area (TPSA) is 71.3 Å². The Balaban J connectivity index is 1.71. The van der Waals surface area contributed by atoms with Gasteiger partial charge in [-0.2, -0.15) is 0 Å². The maximum atomic E-state index is 12.1. The van der Waals surface area contributed by atoms with Crippen LogP contribution in [0.2, 0.25) is 0 Å². The first-order valence-electron chi connectivity index (χ1n) is 5.97. The molecule has 6 heteroatoms. The predicted octanol–water partition coefficient (Wildman–Crippen LogP) is 1.44. The maximum absolute atomic E-state index is 12.1. The van der Waals surface area contributed by atoms with Crippen LogP contribution in [0.25, 0.3) is 0 Å². The third-order valence-electron chi connectivity index (χ3n) is 2.87. The summed E-state index contributed by atoms with van der Waals surface area (Å²) in [6.45, 7) is 0.945. The third-order valence-corrected chi connectivity index (χ3v) is 2.87. The molecule has 1 aliphatic heterocycles. The van der Waals surface area contributed by atoms with E-state index in [9.17, 15) is 4.79 Å². The van der Waals surface area contributed by atoms with Crippen molar-refractivity contribution < 1.29 is 4.79 Å². The molecule has 0 aromatic carbocycles. The van der Waals surface area contributed by atoms with Crippen molar-refractivity contribution in [3.63, 3.8) is 0 Å². The smallest absolute Gasteiger partial charge is 0.327 e. The summed E-state index contributed by atoms with van der Waals surface area (Å²) in [6, 6.07) is 5.45. The minimum atomic E-state index is -0.173. The molecule has 6 nitrogen and oxygen atoms in total. The number of rotatable bonds is 2. The number of fused-ring (bicyclic) bond motifs is 1. The van der Waals surface area contributed by atoms with Crippen molar-refractivity contribution in [3.05, 3.63) is 47.9 Å². The van der Waals surface area contributed by atoms with Gasteiger partial charge >= 0.3 is 6.03 Å². The van der Waals surface area contributed by atoms with Gasteiger partial charge in [-0.3, -0.25) is 14.5 Å². The van der Waals surface area contributed by atoms with Crippen LogP contribution in [0.15, 0.2) is 41.8 Å². The van der Waals surface area contributed by atoms with Gasteiger partial charge in [0.05, 0.1) is 0 Å². The van der Waals surface area contributed by atoms with E-state index in [1.54, 1.807) is 29.4 Å². The number of amides is 1. The molecule has 0 aliphatic carbocycles. The van der Waals surface area contributed by atoms with Crippen LogP contribution in [-0.4, -0.2) is 28.5 Å². The molecule has 2 N–H and O–H groups in total. The van der Waals surface area contributed by atoms with E-state index in [1.807, 2.05) is 18.2 Å². The lowest BCUT2D eigenvalue weighted by Gasteiger charge is -2.13. The second kappa shape index (κ2) is 4.93. The molecule has 3 heterocycles. The zero-order chi connectivity index (χ0) is 13.1. The van der Waals surface area contributed by atoms with Crippen LogP contribution in [0.3, 0.4) is 0 Å². The SMILES string of the molecule is O=C(NCc1cccnc1)n1ccc2c1NCN=C2. The average molecular weight is 255 g/mol. The number of carbonyl (C=O) groups excluding carboxylic acids is 1. The summed E-state index contributed by atoms with van der Waals surface area (Å²) in [6.07, 6.45) is 6.93. The molecule has 0 saturated carbocycles. The Hall–Kier alpha value is -2.63. The van der Waals surface area contributed by atoms with Crippen molar-refractivity contribution in [2.75, 3.05) is 12.0 Å². The Morgan fingerprint density at radius 3 is 3.26 bits per heavy atom. The lowest BCUT2D eigenvalue weighted by atomic mass is 10.3. The van der Waals surface area contributed by atoms with Gasteiger partial charge in [-0.05, 0) is 17.7 Å². The molecule has 0 spiro atoms. The lowest BCUT2D eigenvalue weighted by Crippen LogP contribution is -2.29. The summed E-state index contributed by atoms with van der Waals surface area (Å²) >= 11 is 0. The number of anilines is 1. The van der Waals surface area contributed by atoms with Crippen LogP contribution in [0.5, 0.6) is 0 Å². The highest BCUT2D eigenvalue weighted by molar-refractivity contribution is 5.93. The Morgan fingerprint density at radius 1 is 1.47 bits per heavy atom. The van der Waals surface area contributed by atoms with E-state index in [4.69, 9.17) is 0 Å². The summed E-state index contributed by atoms with van der Waals surface area (Å²) in [5.74, 6) is 0.777. The zero-order valence-corrected chi connectivity index (χ0v) is 10.2. The first-order valence-corrected chi connectivity index (χ1v) is 5.97. The van der Waals surface area contributed by atoms with E-state index in [-0.39, 0.29) is 6.03 Å². The van der Waals surface area contributed by atoms with Gasteiger partial charge in [0.25, 0.3) is 0 Å². The quantitative estimate of drug-likeness (QED) is 0.853. The Labute approximate surface area is 110 Å². The molecule has 0 unspecified atom stereocenters. The minimum absolute atomic E-state index is 0.173. The summed E-state index contributed by atoms with van der Waals surface area (Å²) in [5.41, 5.74) is 1.88. The molecule has 0 bridgehead atoms. The van der Waals surface area contributed by atoms with Gasteiger partial charge in [0.2, 0.25) is 0 Å². The Kier molecular flexibility index (Phi) is 2.97. The molecule has 3 rings (SSSR count). The zero-order valence-electron chi connectivity index (χ0n) is 10.2. The number of nitrogens with one attached hydrogen (secondary N) is 2. The van der Waals surface area contributed by atoms with Gasteiger partial charge in [0.15, 0.2) is 0 Å². The number of aromatic nitrogens is 2. The molecule has 1 aliphatic rings. The number of nitrogens with zero attached hydrogens (tertiary/aromatic N) is 3. The highest BCUT2D eigenvalue weighted by Crippen LogP contribution is 2.17. The van der Waals surface area contributed by atoms with Crippen molar-refractivity contribution in [1.82, 2.24) is 14.9 Å². The molecule has 96 valence electrons. The fraction of sp³-hybridized carbons (Fsp3) is 0.154. The van der Waals surface area contributed by atoms with E-state index in [2.05, 4.69) is 20.6 Å². The molecular weight excluding hydrogens is 242 g/mol. The normalized spacial score (nSPS) is 12.6. The van der Waals surface area contributed by atoms with Crippen molar-refractivity contribution in [1.29, 1.82) is 0 Å². The average Bonchev–Trinajstić information content (AvgIpc) is 2.90. The van der Waals surface area contributed by atoms with Crippen LogP contribution in [-0.2, 0) is 6.54 Å². The fourth-order valence-corrected chi connectivity index (χ4v) is 1.94. The summed E-state index contributed by atoms with van der Waals surface area (Å²) in [7, 11) is 0. The lowest BCUT2D eigenvalue weighted by molar-refractivity contribution is 0.242. The molecule has 0 atom stereocenters. The number of pyridine rings is 1. The van der Waals surface area contributed by atoms with Gasteiger partial charge in [0.1, 0.15) is 12.5 Å². The van der Waals surface area contributed by atoms with Gasteiger partial charge in [-0.1, -0.05) is 6.07 Å². The van der Waals surface area contributed by atoms with Crippen LogP contribution in [0.1, 0.15) is 11.1 Å². The largest absolute Gasteiger partial charge is 0.351 e. The van der Waals surface area contributed by atoms with Crippen LogP contribution in [0, 0.1) is 0 Å².